The Hall–Kier alpha value is -4.66. The van der Waals surface area contributed by atoms with E-state index in [1.165, 1.54) is 0 Å². The van der Waals surface area contributed by atoms with Crippen LogP contribution in [0.1, 0.15) is 40.0 Å². The maximum absolute atomic E-state index is 13.6. The molecule has 9 heteroatoms. The zero-order valence-electron chi connectivity index (χ0n) is 24.0. The van der Waals surface area contributed by atoms with Crippen molar-refractivity contribution < 1.29 is 38.0 Å². The third-order valence-electron chi connectivity index (χ3n) is 6.89. The van der Waals surface area contributed by atoms with Gasteiger partial charge in [0.25, 0.3) is 0 Å². The van der Waals surface area contributed by atoms with Crippen LogP contribution < -0.4 is 23.7 Å². The summed E-state index contributed by atoms with van der Waals surface area (Å²) in [5, 5.41) is 0. The Morgan fingerprint density at radius 3 is 2.17 bits per heavy atom. The van der Waals surface area contributed by atoms with Crippen LogP contribution in [-0.4, -0.2) is 65.0 Å². The van der Waals surface area contributed by atoms with Crippen LogP contribution in [0.25, 0.3) is 6.08 Å². The number of fused-ring (bicyclic) bond motifs is 1. The molecule has 1 aliphatic rings. The van der Waals surface area contributed by atoms with E-state index in [0.29, 0.717) is 53.9 Å². The molecule has 0 radical (unpaired) electrons. The summed E-state index contributed by atoms with van der Waals surface area (Å²) in [7, 11) is 6.33. The van der Waals surface area contributed by atoms with Gasteiger partial charge < -0.3 is 33.3 Å². The standard InChI is InChI=1S/C32H35NO8/c1-6-40-32(35)22-9-11-24(12-10-22)41-20-26-25-19-30(39-5)29(38-4)18-23(25)15-16-33(26)31(34)14-8-21-7-13-27(36-2)28(17-21)37-3/h7-14,17-19,26H,6,15-16,20H2,1-5H3/b14-8+/t26-/m0/s1. The van der Waals surface area contributed by atoms with Crippen molar-refractivity contribution in [3.8, 4) is 28.7 Å². The number of esters is 1. The summed E-state index contributed by atoms with van der Waals surface area (Å²) in [6.07, 6.45) is 3.95. The van der Waals surface area contributed by atoms with Gasteiger partial charge in [-0.1, -0.05) is 6.07 Å². The number of carbonyl (C=O) groups excluding carboxylic acids is 2. The first kappa shape index (κ1) is 29.3. The molecular weight excluding hydrogens is 526 g/mol. The maximum atomic E-state index is 13.6. The fourth-order valence-electron chi connectivity index (χ4n) is 4.77. The molecule has 1 heterocycles. The van der Waals surface area contributed by atoms with E-state index in [4.69, 9.17) is 28.4 Å². The first-order chi connectivity index (χ1) is 19.9. The van der Waals surface area contributed by atoms with Gasteiger partial charge in [0.2, 0.25) is 5.91 Å². The summed E-state index contributed by atoms with van der Waals surface area (Å²) in [4.78, 5) is 27.4. The first-order valence-corrected chi connectivity index (χ1v) is 13.3. The van der Waals surface area contributed by atoms with Gasteiger partial charge in [0.15, 0.2) is 23.0 Å². The lowest BCUT2D eigenvalue weighted by Gasteiger charge is -2.37. The SMILES string of the molecule is CCOC(=O)c1ccc(OC[C@H]2c3cc(OC)c(OC)cc3CCN2C(=O)/C=C/c2ccc(OC)c(OC)c2)cc1. The third kappa shape index (κ3) is 6.74. The molecule has 0 saturated heterocycles. The molecule has 0 bridgehead atoms. The van der Waals surface area contributed by atoms with Gasteiger partial charge in [-0.3, -0.25) is 4.79 Å². The Morgan fingerprint density at radius 2 is 1.51 bits per heavy atom. The van der Waals surface area contributed by atoms with Gasteiger partial charge in [0, 0.05) is 12.6 Å². The number of methoxy groups -OCH3 is 4. The number of hydrogen-bond donors (Lipinski definition) is 0. The predicted octanol–water partition coefficient (Wildman–Crippen LogP) is 5.12. The van der Waals surface area contributed by atoms with Gasteiger partial charge in [-0.05, 0) is 84.6 Å². The van der Waals surface area contributed by atoms with Crippen molar-refractivity contribution in [3.63, 3.8) is 0 Å². The van der Waals surface area contributed by atoms with E-state index < -0.39 is 6.04 Å². The van der Waals surface area contributed by atoms with Gasteiger partial charge in [0.1, 0.15) is 12.4 Å². The van der Waals surface area contributed by atoms with E-state index in [-0.39, 0.29) is 18.5 Å². The molecule has 9 nitrogen and oxygen atoms in total. The quantitative estimate of drug-likeness (QED) is 0.235. The third-order valence-corrected chi connectivity index (χ3v) is 6.89. The minimum atomic E-state index is -0.397. The monoisotopic (exact) mass is 561 g/mol. The van der Waals surface area contributed by atoms with Gasteiger partial charge >= 0.3 is 5.97 Å². The van der Waals surface area contributed by atoms with Crippen LogP contribution >= 0.6 is 0 Å². The second-order valence-corrected chi connectivity index (χ2v) is 9.21. The summed E-state index contributed by atoms with van der Waals surface area (Å²) < 4.78 is 33.0. The Bertz CT molecular complexity index is 1400. The molecule has 0 aromatic heterocycles. The molecule has 0 spiro atoms. The second-order valence-electron chi connectivity index (χ2n) is 9.21. The lowest BCUT2D eigenvalue weighted by atomic mass is 9.92. The smallest absolute Gasteiger partial charge is 0.338 e. The van der Waals surface area contributed by atoms with Crippen molar-refractivity contribution in [2.24, 2.45) is 0 Å². The molecule has 0 fully saturated rings. The van der Waals surface area contributed by atoms with E-state index in [2.05, 4.69) is 0 Å². The van der Waals surface area contributed by atoms with Crippen LogP contribution in [0, 0.1) is 0 Å². The van der Waals surface area contributed by atoms with Gasteiger partial charge in [0.05, 0.1) is 46.7 Å². The van der Waals surface area contributed by atoms with Crippen molar-refractivity contribution in [1.29, 1.82) is 0 Å². The van der Waals surface area contributed by atoms with Gasteiger partial charge in [-0.15, -0.1) is 0 Å². The lowest BCUT2D eigenvalue weighted by molar-refractivity contribution is -0.129. The fourth-order valence-corrected chi connectivity index (χ4v) is 4.77. The molecule has 0 aliphatic carbocycles. The number of benzene rings is 3. The minimum Gasteiger partial charge on any atom is -0.493 e. The van der Waals surface area contributed by atoms with Crippen LogP contribution in [0.15, 0.2) is 60.7 Å². The minimum absolute atomic E-state index is 0.161. The molecule has 1 amide bonds. The van der Waals surface area contributed by atoms with Crippen molar-refractivity contribution >= 4 is 18.0 Å². The van der Waals surface area contributed by atoms with Crippen molar-refractivity contribution in [2.45, 2.75) is 19.4 Å². The molecule has 0 unspecified atom stereocenters. The molecule has 4 rings (SSSR count). The highest BCUT2D eigenvalue weighted by Gasteiger charge is 2.32. The van der Waals surface area contributed by atoms with Crippen molar-refractivity contribution in [1.82, 2.24) is 4.90 Å². The number of hydrogen-bond acceptors (Lipinski definition) is 8. The lowest BCUT2D eigenvalue weighted by Crippen LogP contribution is -2.41. The van der Waals surface area contributed by atoms with Crippen LogP contribution in [-0.2, 0) is 16.0 Å². The average molecular weight is 562 g/mol. The van der Waals surface area contributed by atoms with Crippen LogP contribution in [0.2, 0.25) is 0 Å². The Morgan fingerprint density at radius 1 is 0.854 bits per heavy atom. The molecule has 3 aromatic carbocycles. The highest BCUT2D eigenvalue weighted by atomic mass is 16.5. The molecule has 1 aliphatic heterocycles. The van der Waals surface area contributed by atoms with Gasteiger partial charge in [-0.25, -0.2) is 4.79 Å². The molecule has 41 heavy (non-hydrogen) atoms. The van der Waals surface area contributed by atoms with E-state index >= 15 is 0 Å². The normalized spacial score (nSPS) is 14.3. The molecule has 1 atom stereocenters. The summed E-state index contributed by atoms with van der Waals surface area (Å²) in [6, 6.07) is 15.7. The Kier molecular flexibility index (Phi) is 9.73. The Labute approximate surface area is 240 Å². The number of rotatable bonds is 11. The summed E-state index contributed by atoms with van der Waals surface area (Å²) in [6.45, 7) is 2.75. The van der Waals surface area contributed by atoms with Crippen molar-refractivity contribution in [2.75, 3.05) is 48.2 Å². The predicted molar refractivity (Wildman–Crippen MR) is 154 cm³/mol. The molecule has 0 N–H and O–H groups in total. The summed E-state index contributed by atoms with van der Waals surface area (Å²) in [5.74, 6) is 2.42. The van der Waals surface area contributed by atoms with Gasteiger partial charge in [-0.2, -0.15) is 0 Å². The Balaban J connectivity index is 1.60. The van der Waals surface area contributed by atoms with Crippen LogP contribution in [0.3, 0.4) is 0 Å². The number of amides is 1. The molecule has 3 aromatic rings. The highest BCUT2D eigenvalue weighted by molar-refractivity contribution is 5.92. The number of nitrogens with zero attached hydrogens (tertiary/aromatic N) is 1. The fraction of sp³-hybridized carbons (Fsp3) is 0.312. The summed E-state index contributed by atoms with van der Waals surface area (Å²) >= 11 is 0. The second kappa shape index (κ2) is 13.6. The maximum Gasteiger partial charge on any atom is 0.338 e. The largest absolute Gasteiger partial charge is 0.493 e. The topological polar surface area (TPSA) is 92.8 Å². The van der Waals surface area contributed by atoms with E-state index in [0.717, 1.165) is 16.7 Å². The molecule has 216 valence electrons. The van der Waals surface area contributed by atoms with Crippen LogP contribution in [0.5, 0.6) is 28.7 Å². The summed E-state index contributed by atoms with van der Waals surface area (Å²) in [5.41, 5.74) is 3.22. The first-order valence-electron chi connectivity index (χ1n) is 13.3. The zero-order chi connectivity index (χ0) is 29.4. The van der Waals surface area contributed by atoms with E-state index in [1.54, 1.807) is 82.7 Å². The average Bonchev–Trinajstić information content (AvgIpc) is 3.01. The van der Waals surface area contributed by atoms with E-state index in [1.807, 2.05) is 24.3 Å². The van der Waals surface area contributed by atoms with E-state index in [9.17, 15) is 9.59 Å². The number of carbonyl (C=O) groups is 2. The zero-order valence-corrected chi connectivity index (χ0v) is 24.0. The highest BCUT2D eigenvalue weighted by Crippen LogP contribution is 2.38. The van der Waals surface area contributed by atoms with Crippen molar-refractivity contribution in [3.05, 3.63) is 82.9 Å². The number of ether oxygens (including phenoxy) is 6. The molecular formula is C32H35NO8. The van der Waals surface area contributed by atoms with Crippen LogP contribution in [0.4, 0.5) is 0 Å². The molecule has 0 saturated carbocycles.